The molecule has 0 amide bonds. The number of hydrogen-bond acceptors (Lipinski definition) is 7. The molecule has 0 aliphatic heterocycles. The number of phenolic OH excluding ortho intramolecular Hbond substituents is 1. The zero-order valence-corrected chi connectivity index (χ0v) is 22.9. The van der Waals surface area contributed by atoms with E-state index >= 15 is 0 Å². The molecule has 0 radical (unpaired) electrons. The lowest BCUT2D eigenvalue weighted by Gasteiger charge is -2.20. The zero-order valence-electron chi connectivity index (χ0n) is 22.1. The van der Waals surface area contributed by atoms with Gasteiger partial charge in [0, 0.05) is 5.56 Å². The van der Waals surface area contributed by atoms with Gasteiger partial charge in [-0.3, -0.25) is 4.72 Å². The van der Waals surface area contributed by atoms with Crippen molar-refractivity contribution >= 4 is 27.9 Å². The summed E-state index contributed by atoms with van der Waals surface area (Å²) in [7, 11) is 1.92. The minimum absolute atomic E-state index is 0.00240. The van der Waals surface area contributed by atoms with Gasteiger partial charge in [-0.05, 0) is 52.9 Å². The molecule has 9 heteroatoms. The van der Waals surface area contributed by atoms with Gasteiger partial charge in [0.05, 0.1) is 33.3 Å². The average Bonchev–Trinajstić information content (AvgIpc) is 2.87. The Kier molecular flexibility index (Phi) is 8.28. The fraction of sp³-hybridized carbons (Fsp3) is 0.286. The van der Waals surface area contributed by atoms with Crippen LogP contribution in [-0.2, 0) is 15.4 Å². The number of ether oxygens (including phenoxy) is 4. The van der Waals surface area contributed by atoms with Crippen LogP contribution in [0.4, 0.5) is 5.69 Å². The summed E-state index contributed by atoms with van der Waals surface area (Å²) in [5.74, 6) is 1.21. The highest BCUT2D eigenvalue weighted by Crippen LogP contribution is 2.41. The first-order valence-corrected chi connectivity index (χ1v) is 12.9. The van der Waals surface area contributed by atoms with Gasteiger partial charge in [0.2, 0.25) is 5.75 Å². The van der Waals surface area contributed by atoms with Gasteiger partial charge in [0.1, 0.15) is 5.69 Å². The number of sulfonamides is 1. The number of hydrogen-bond donors (Lipinski definition) is 2. The lowest BCUT2D eigenvalue weighted by atomic mass is 9.87. The molecule has 0 unspecified atom stereocenters. The molecule has 0 spiro atoms. The molecule has 0 bridgehead atoms. The minimum atomic E-state index is -4.01. The summed E-state index contributed by atoms with van der Waals surface area (Å²) in [5.41, 5.74) is 1.93. The van der Waals surface area contributed by atoms with E-state index in [9.17, 15) is 13.5 Å². The molecule has 198 valence electrons. The Balaban J connectivity index is 2.08. The number of benzene rings is 3. The number of anilines is 1. The molecule has 37 heavy (non-hydrogen) atoms. The fourth-order valence-electron chi connectivity index (χ4n) is 3.74. The summed E-state index contributed by atoms with van der Waals surface area (Å²) >= 11 is 0. The Labute approximate surface area is 218 Å². The third-order valence-electron chi connectivity index (χ3n) is 5.76. The summed E-state index contributed by atoms with van der Waals surface area (Å²) in [6.45, 7) is 6.03. The molecule has 0 aromatic heterocycles. The maximum Gasteiger partial charge on any atom is 0.262 e. The Morgan fingerprint density at radius 1 is 0.811 bits per heavy atom. The first-order valence-electron chi connectivity index (χ1n) is 11.5. The fourth-order valence-corrected chi connectivity index (χ4v) is 4.88. The van der Waals surface area contributed by atoms with Gasteiger partial charge in [0.25, 0.3) is 10.0 Å². The van der Waals surface area contributed by atoms with Crippen molar-refractivity contribution in [3.63, 3.8) is 0 Å². The van der Waals surface area contributed by atoms with Crippen molar-refractivity contribution in [3.05, 3.63) is 65.2 Å². The minimum Gasteiger partial charge on any atom is -0.504 e. The molecule has 0 saturated heterocycles. The number of nitrogens with one attached hydrogen (secondary N) is 1. The highest BCUT2D eigenvalue weighted by Gasteiger charge is 2.23. The van der Waals surface area contributed by atoms with Crippen molar-refractivity contribution in [2.24, 2.45) is 0 Å². The molecule has 0 atom stereocenters. The van der Waals surface area contributed by atoms with Crippen LogP contribution in [0.2, 0.25) is 0 Å². The van der Waals surface area contributed by atoms with Crippen LogP contribution in [-0.4, -0.2) is 42.0 Å². The largest absolute Gasteiger partial charge is 0.504 e. The van der Waals surface area contributed by atoms with Crippen molar-refractivity contribution < 1.29 is 32.5 Å². The van der Waals surface area contributed by atoms with E-state index in [4.69, 9.17) is 18.9 Å². The predicted molar refractivity (Wildman–Crippen MR) is 146 cm³/mol. The van der Waals surface area contributed by atoms with Crippen molar-refractivity contribution in [2.75, 3.05) is 33.2 Å². The van der Waals surface area contributed by atoms with Gasteiger partial charge in [0.15, 0.2) is 23.0 Å². The molecule has 0 fully saturated rings. The van der Waals surface area contributed by atoms with Crippen LogP contribution in [0, 0.1) is 0 Å². The van der Waals surface area contributed by atoms with Crippen LogP contribution in [0.3, 0.4) is 0 Å². The zero-order chi connectivity index (χ0) is 27.4. The number of methoxy groups -OCH3 is 4. The molecule has 3 aromatic rings. The monoisotopic (exact) mass is 527 g/mol. The molecule has 0 heterocycles. The van der Waals surface area contributed by atoms with Crippen molar-refractivity contribution in [1.82, 2.24) is 0 Å². The summed E-state index contributed by atoms with van der Waals surface area (Å²) in [4.78, 5) is 0.102. The average molecular weight is 528 g/mol. The quantitative estimate of drug-likeness (QED) is 0.344. The third-order valence-corrected chi connectivity index (χ3v) is 7.11. The van der Waals surface area contributed by atoms with Crippen LogP contribution >= 0.6 is 0 Å². The van der Waals surface area contributed by atoms with Crippen LogP contribution in [0.1, 0.15) is 37.5 Å². The highest BCUT2D eigenvalue weighted by atomic mass is 32.2. The highest BCUT2D eigenvalue weighted by molar-refractivity contribution is 7.92. The molecule has 8 nitrogen and oxygen atoms in total. The van der Waals surface area contributed by atoms with E-state index in [1.54, 1.807) is 42.5 Å². The van der Waals surface area contributed by atoms with Crippen molar-refractivity contribution in [2.45, 2.75) is 31.1 Å². The lowest BCUT2D eigenvalue weighted by Crippen LogP contribution is -2.17. The number of phenols is 1. The van der Waals surface area contributed by atoms with Crippen LogP contribution in [0.5, 0.6) is 28.7 Å². The molecule has 0 aliphatic rings. The Hall–Kier alpha value is -3.85. The topological polar surface area (TPSA) is 103 Å². The molecule has 0 saturated carbocycles. The van der Waals surface area contributed by atoms with E-state index in [1.165, 1.54) is 40.6 Å². The van der Waals surface area contributed by atoms with Crippen LogP contribution in [0.15, 0.2) is 53.4 Å². The van der Waals surface area contributed by atoms with E-state index in [0.29, 0.717) is 28.4 Å². The first kappa shape index (κ1) is 27.7. The molecular formula is C28H33NO7S. The molecular weight excluding hydrogens is 494 g/mol. The normalized spacial score (nSPS) is 11.9. The second kappa shape index (κ2) is 11.0. The Morgan fingerprint density at radius 3 is 1.97 bits per heavy atom. The Morgan fingerprint density at radius 2 is 1.43 bits per heavy atom. The molecule has 2 N–H and O–H groups in total. The maximum absolute atomic E-state index is 13.4. The first-order chi connectivity index (χ1) is 17.4. The molecule has 0 aliphatic carbocycles. The van der Waals surface area contributed by atoms with Gasteiger partial charge in [-0.1, -0.05) is 45.1 Å². The lowest BCUT2D eigenvalue weighted by molar-refractivity contribution is 0.324. The second-order valence-corrected chi connectivity index (χ2v) is 10.9. The van der Waals surface area contributed by atoms with E-state index in [2.05, 4.69) is 4.72 Å². The summed E-state index contributed by atoms with van der Waals surface area (Å²) in [6, 6.07) is 13.3. The van der Waals surface area contributed by atoms with E-state index < -0.39 is 10.0 Å². The molecule has 3 rings (SSSR count). The van der Waals surface area contributed by atoms with Crippen molar-refractivity contribution in [3.8, 4) is 28.7 Å². The summed E-state index contributed by atoms with van der Waals surface area (Å²) in [5, 5.41) is 10.4. The predicted octanol–water partition coefficient (Wildman–Crippen LogP) is 5.70. The Bertz CT molecular complexity index is 1380. The third kappa shape index (κ3) is 6.11. The van der Waals surface area contributed by atoms with Gasteiger partial charge < -0.3 is 24.1 Å². The second-order valence-electron chi connectivity index (χ2n) is 9.26. The maximum atomic E-state index is 13.4. The van der Waals surface area contributed by atoms with Gasteiger partial charge >= 0.3 is 0 Å². The van der Waals surface area contributed by atoms with Crippen LogP contribution in [0.25, 0.3) is 12.2 Å². The number of rotatable bonds is 9. The SMILES string of the molecule is COc1cc(/C=C\c2ccc(O)c(OC)c2NS(=O)(=O)c2cccc(C(C)(C)C)c2)cc(OC)c1OC. The van der Waals surface area contributed by atoms with Gasteiger partial charge in [-0.25, -0.2) is 8.42 Å². The van der Waals surface area contributed by atoms with Gasteiger partial charge in [-0.15, -0.1) is 0 Å². The molecule has 3 aromatic carbocycles. The van der Waals surface area contributed by atoms with Crippen molar-refractivity contribution in [1.29, 1.82) is 0 Å². The summed E-state index contributed by atoms with van der Waals surface area (Å²) in [6.07, 6.45) is 3.46. The smallest absolute Gasteiger partial charge is 0.262 e. The standard InChI is InChI=1S/C28H33NO7S/c1-28(2,3)20-9-8-10-21(17-20)37(31,32)29-25-19(13-14-22(30)26(25)35-6)12-11-18-15-23(33-4)27(36-7)24(16-18)34-5/h8-17,29-30H,1-7H3/b12-11-. The number of aromatic hydroxyl groups is 1. The van der Waals surface area contributed by atoms with Crippen LogP contribution < -0.4 is 23.7 Å². The summed E-state index contributed by atoms with van der Waals surface area (Å²) < 4.78 is 51.0. The van der Waals surface area contributed by atoms with E-state index in [-0.39, 0.29) is 27.5 Å². The van der Waals surface area contributed by atoms with Gasteiger partial charge in [-0.2, -0.15) is 0 Å². The van der Waals surface area contributed by atoms with E-state index in [1.807, 2.05) is 26.8 Å². The van der Waals surface area contributed by atoms with E-state index in [0.717, 1.165) is 5.56 Å².